The lowest BCUT2D eigenvalue weighted by Gasteiger charge is -2.20. The zero-order chi connectivity index (χ0) is 12.6. The molecule has 2 aliphatic heterocycles. The Balaban J connectivity index is 2.55. The van der Waals surface area contributed by atoms with E-state index in [9.17, 15) is 14.4 Å². The van der Waals surface area contributed by atoms with Crippen LogP contribution in [0.3, 0.4) is 0 Å². The fraction of sp³-hybridized carbons (Fsp3) is 0.545. The van der Waals surface area contributed by atoms with Crippen molar-refractivity contribution in [2.45, 2.75) is 24.5 Å². The molecule has 2 heterocycles. The number of ether oxygens (including phenoxy) is 3. The molecule has 6 heteroatoms. The van der Waals surface area contributed by atoms with Gasteiger partial charge >= 0.3 is 11.9 Å². The van der Waals surface area contributed by atoms with Crippen LogP contribution >= 0.6 is 0 Å². The summed E-state index contributed by atoms with van der Waals surface area (Å²) in [6, 6.07) is 0. The average molecular weight is 240 g/mol. The molecule has 1 saturated heterocycles. The molecule has 0 aliphatic carbocycles. The molecule has 0 saturated carbocycles. The molecule has 1 fully saturated rings. The van der Waals surface area contributed by atoms with Gasteiger partial charge in [0, 0.05) is 0 Å². The lowest BCUT2D eigenvalue weighted by Crippen LogP contribution is -2.35. The summed E-state index contributed by atoms with van der Waals surface area (Å²) >= 11 is 0. The molecular formula is C11H12O6. The van der Waals surface area contributed by atoms with E-state index in [1.807, 2.05) is 0 Å². The summed E-state index contributed by atoms with van der Waals surface area (Å²) in [6.07, 6.45) is 0.895. The van der Waals surface area contributed by atoms with Gasteiger partial charge in [-0.25, -0.2) is 9.59 Å². The molecule has 0 aromatic carbocycles. The molecule has 2 unspecified atom stereocenters. The zero-order valence-electron chi connectivity index (χ0n) is 9.52. The second-order valence-electron chi connectivity index (χ2n) is 3.92. The number of aldehydes is 1. The van der Waals surface area contributed by atoms with Crippen LogP contribution in [-0.4, -0.2) is 44.1 Å². The fourth-order valence-corrected chi connectivity index (χ4v) is 2.37. The number of fused-ring (bicyclic) bond motifs is 2. The van der Waals surface area contributed by atoms with E-state index in [0.29, 0.717) is 19.1 Å². The lowest BCUT2D eigenvalue weighted by atomic mass is 9.83. The predicted molar refractivity (Wildman–Crippen MR) is 54.0 cm³/mol. The maximum atomic E-state index is 11.7. The molecule has 0 spiro atoms. The van der Waals surface area contributed by atoms with Gasteiger partial charge in [0.1, 0.15) is 0 Å². The third-order valence-corrected chi connectivity index (χ3v) is 3.13. The van der Waals surface area contributed by atoms with Crippen LogP contribution in [0, 0.1) is 0 Å². The number of hydrogen-bond donors (Lipinski definition) is 0. The molecule has 0 aromatic rings. The molecule has 0 radical (unpaired) electrons. The van der Waals surface area contributed by atoms with Crippen molar-refractivity contribution in [2.24, 2.45) is 0 Å². The van der Waals surface area contributed by atoms with E-state index in [2.05, 4.69) is 9.47 Å². The van der Waals surface area contributed by atoms with Crippen LogP contribution < -0.4 is 0 Å². The molecule has 0 N–H and O–H groups in total. The highest BCUT2D eigenvalue weighted by molar-refractivity contribution is 6.07. The molecule has 2 aliphatic rings. The number of hydrogen-bond acceptors (Lipinski definition) is 6. The summed E-state index contributed by atoms with van der Waals surface area (Å²) in [5.74, 6) is -1.38. The molecule has 17 heavy (non-hydrogen) atoms. The van der Waals surface area contributed by atoms with Crippen molar-refractivity contribution in [1.82, 2.24) is 0 Å². The third-order valence-electron chi connectivity index (χ3n) is 3.13. The van der Waals surface area contributed by atoms with Crippen molar-refractivity contribution in [3.63, 3.8) is 0 Å². The minimum Gasteiger partial charge on any atom is -0.466 e. The first-order valence-electron chi connectivity index (χ1n) is 5.15. The first-order valence-corrected chi connectivity index (χ1v) is 5.15. The van der Waals surface area contributed by atoms with Crippen molar-refractivity contribution in [1.29, 1.82) is 0 Å². The number of esters is 2. The smallest absolute Gasteiger partial charge is 0.337 e. The Hall–Kier alpha value is -1.69. The van der Waals surface area contributed by atoms with E-state index < -0.39 is 23.6 Å². The van der Waals surface area contributed by atoms with Crippen molar-refractivity contribution in [3.8, 4) is 0 Å². The van der Waals surface area contributed by atoms with Gasteiger partial charge in [-0.05, 0) is 12.8 Å². The van der Waals surface area contributed by atoms with Crippen LogP contribution in [0.15, 0.2) is 11.1 Å². The minimum atomic E-state index is -1.33. The Morgan fingerprint density at radius 2 is 2.00 bits per heavy atom. The number of methoxy groups -OCH3 is 2. The summed E-state index contributed by atoms with van der Waals surface area (Å²) in [7, 11) is 2.40. The highest BCUT2D eigenvalue weighted by Crippen LogP contribution is 2.47. The molecule has 0 aromatic heterocycles. The van der Waals surface area contributed by atoms with Gasteiger partial charge < -0.3 is 14.2 Å². The van der Waals surface area contributed by atoms with Crippen molar-refractivity contribution >= 4 is 18.2 Å². The highest BCUT2D eigenvalue weighted by Gasteiger charge is 2.57. The van der Waals surface area contributed by atoms with Gasteiger partial charge in [-0.1, -0.05) is 0 Å². The summed E-state index contributed by atoms with van der Waals surface area (Å²) in [6.45, 7) is 0. The fourth-order valence-electron chi connectivity index (χ4n) is 2.37. The number of carbonyl (C=O) groups is 3. The van der Waals surface area contributed by atoms with Gasteiger partial charge in [0.2, 0.25) is 0 Å². The maximum absolute atomic E-state index is 11.7. The Kier molecular flexibility index (Phi) is 2.74. The van der Waals surface area contributed by atoms with Crippen molar-refractivity contribution in [2.75, 3.05) is 14.2 Å². The van der Waals surface area contributed by atoms with Crippen molar-refractivity contribution in [3.05, 3.63) is 11.1 Å². The van der Waals surface area contributed by atoms with Crippen LogP contribution in [0.1, 0.15) is 12.8 Å². The molecule has 6 nitrogen and oxygen atoms in total. The second kappa shape index (κ2) is 3.96. The third kappa shape index (κ3) is 1.48. The standard InChI is InChI=1S/C11H12O6/c1-15-9(13)7-6-3-4-11(5-12,17-6)8(7)10(14)16-2/h5-6H,3-4H2,1-2H3. The lowest BCUT2D eigenvalue weighted by molar-refractivity contribution is -0.141. The van der Waals surface area contributed by atoms with Crippen molar-refractivity contribution < 1.29 is 28.6 Å². The summed E-state index contributed by atoms with van der Waals surface area (Å²) in [5.41, 5.74) is -1.24. The number of rotatable bonds is 3. The summed E-state index contributed by atoms with van der Waals surface area (Å²) in [4.78, 5) is 34.4. The second-order valence-corrected chi connectivity index (χ2v) is 3.92. The highest BCUT2D eigenvalue weighted by atomic mass is 16.6. The van der Waals surface area contributed by atoms with Crippen LogP contribution in [0.2, 0.25) is 0 Å². The summed E-state index contributed by atoms with van der Waals surface area (Å²) < 4.78 is 14.6. The first kappa shape index (κ1) is 11.8. The molecule has 2 bridgehead atoms. The molecule has 2 atom stereocenters. The van der Waals surface area contributed by atoms with E-state index in [0.717, 1.165) is 0 Å². The summed E-state index contributed by atoms with van der Waals surface area (Å²) in [5, 5.41) is 0. The Morgan fingerprint density at radius 1 is 1.35 bits per heavy atom. The van der Waals surface area contributed by atoms with E-state index in [4.69, 9.17) is 4.74 Å². The van der Waals surface area contributed by atoms with Gasteiger partial charge in [-0.2, -0.15) is 0 Å². The van der Waals surface area contributed by atoms with Gasteiger partial charge in [0.25, 0.3) is 0 Å². The quantitative estimate of drug-likeness (QED) is 0.500. The Labute approximate surface area is 97.5 Å². The molecular weight excluding hydrogens is 228 g/mol. The predicted octanol–water partition coefficient (Wildman–Crippen LogP) is -0.241. The number of carbonyl (C=O) groups excluding carboxylic acids is 3. The van der Waals surface area contributed by atoms with Gasteiger partial charge in [0.15, 0.2) is 11.9 Å². The average Bonchev–Trinajstić information content (AvgIpc) is 2.92. The van der Waals surface area contributed by atoms with Gasteiger partial charge in [0.05, 0.1) is 31.5 Å². The van der Waals surface area contributed by atoms with E-state index in [1.165, 1.54) is 14.2 Å². The Morgan fingerprint density at radius 3 is 2.53 bits per heavy atom. The Bertz CT molecular complexity index is 424. The SMILES string of the molecule is COC(=O)C1=C(C(=O)OC)C2(C=O)CCC1O2. The van der Waals surface area contributed by atoms with E-state index in [-0.39, 0.29) is 11.1 Å². The van der Waals surface area contributed by atoms with Gasteiger partial charge in [-0.15, -0.1) is 0 Å². The van der Waals surface area contributed by atoms with E-state index >= 15 is 0 Å². The first-order chi connectivity index (χ1) is 8.09. The van der Waals surface area contributed by atoms with E-state index in [1.54, 1.807) is 0 Å². The van der Waals surface area contributed by atoms with Crippen LogP contribution in [-0.2, 0) is 28.6 Å². The molecule has 92 valence electrons. The van der Waals surface area contributed by atoms with Crippen LogP contribution in [0.4, 0.5) is 0 Å². The van der Waals surface area contributed by atoms with Crippen LogP contribution in [0.5, 0.6) is 0 Å². The maximum Gasteiger partial charge on any atom is 0.337 e. The monoisotopic (exact) mass is 240 g/mol. The zero-order valence-corrected chi connectivity index (χ0v) is 9.52. The largest absolute Gasteiger partial charge is 0.466 e. The van der Waals surface area contributed by atoms with Gasteiger partial charge in [-0.3, -0.25) is 4.79 Å². The topological polar surface area (TPSA) is 78.9 Å². The molecule has 2 rings (SSSR count). The molecule has 0 amide bonds. The minimum absolute atomic E-state index is 0.0156. The normalized spacial score (nSPS) is 30.4. The van der Waals surface area contributed by atoms with Crippen LogP contribution in [0.25, 0.3) is 0 Å².